The first kappa shape index (κ1) is 27.8. The summed E-state index contributed by atoms with van der Waals surface area (Å²) < 4.78 is 40.3. The summed E-state index contributed by atoms with van der Waals surface area (Å²) in [5, 5.41) is 39.6. The topological polar surface area (TPSA) is 163 Å². The van der Waals surface area contributed by atoms with Crippen LogP contribution in [0.15, 0.2) is 36.4 Å². The van der Waals surface area contributed by atoms with Gasteiger partial charge in [0.15, 0.2) is 23.6 Å². The van der Waals surface area contributed by atoms with Crippen LogP contribution in [0.5, 0.6) is 28.7 Å². The first-order chi connectivity index (χ1) is 19.7. The van der Waals surface area contributed by atoms with E-state index in [4.69, 9.17) is 33.2 Å². The molecule has 4 aliphatic heterocycles. The zero-order valence-corrected chi connectivity index (χ0v) is 22.5. The van der Waals surface area contributed by atoms with Gasteiger partial charge in [0.05, 0.1) is 38.9 Å². The van der Waals surface area contributed by atoms with Gasteiger partial charge in [0, 0.05) is 23.6 Å². The number of ether oxygens (including phenoxy) is 7. The van der Waals surface area contributed by atoms with Crippen LogP contribution in [0.2, 0.25) is 0 Å². The summed E-state index contributed by atoms with van der Waals surface area (Å²) in [6.07, 6.45) is -7.62. The molecule has 0 aromatic heterocycles. The van der Waals surface area contributed by atoms with Crippen LogP contribution in [0.1, 0.15) is 27.4 Å². The fraction of sp³-hybridized carbons (Fsp3) is 0.483. The van der Waals surface area contributed by atoms with Crippen molar-refractivity contribution < 1.29 is 58.4 Å². The van der Waals surface area contributed by atoms with Gasteiger partial charge in [-0.2, -0.15) is 0 Å². The molecule has 4 heterocycles. The maximum Gasteiger partial charge on any atom is 0.187 e. The van der Waals surface area contributed by atoms with E-state index >= 15 is 0 Å². The van der Waals surface area contributed by atoms with Crippen LogP contribution in [0.25, 0.3) is 0 Å². The van der Waals surface area contributed by atoms with Crippen molar-refractivity contribution in [1.29, 1.82) is 0 Å². The van der Waals surface area contributed by atoms with Gasteiger partial charge in [-0.1, -0.05) is 6.58 Å². The summed E-state index contributed by atoms with van der Waals surface area (Å²) in [6, 6.07) is 6.89. The lowest BCUT2D eigenvalue weighted by Crippen LogP contribution is -2.59. The van der Waals surface area contributed by atoms with Crippen LogP contribution in [0.3, 0.4) is 0 Å². The predicted octanol–water partition coefficient (Wildman–Crippen LogP) is 0.500. The van der Waals surface area contributed by atoms with Crippen molar-refractivity contribution in [3.8, 4) is 28.7 Å². The van der Waals surface area contributed by atoms with Crippen LogP contribution in [0, 0.1) is 0 Å². The van der Waals surface area contributed by atoms with E-state index in [0.29, 0.717) is 51.9 Å². The number of ketones is 1. The Kier molecular flexibility index (Phi) is 7.30. The molecule has 0 aliphatic carbocycles. The Morgan fingerprint density at radius 3 is 2.51 bits per heavy atom. The Labute approximate surface area is 235 Å². The third-order valence-electron chi connectivity index (χ3n) is 8.06. The van der Waals surface area contributed by atoms with Gasteiger partial charge in [0.1, 0.15) is 60.5 Å². The summed E-state index contributed by atoms with van der Waals surface area (Å²) in [5.41, 5.74) is 2.36. The Morgan fingerprint density at radius 1 is 1.02 bits per heavy atom. The number of carbonyl (C=O) groups is 1. The number of carbonyl (C=O) groups excluding carboxylic acids is 1. The number of aliphatic hydroxyl groups excluding tert-OH is 4. The quantitative estimate of drug-likeness (QED) is 0.341. The molecule has 2 aromatic carbocycles. The normalized spacial score (nSPS) is 31.4. The summed E-state index contributed by atoms with van der Waals surface area (Å²) in [6.45, 7) is 3.57. The van der Waals surface area contributed by atoms with E-state index in [0.717, 1.165) is 5.56 Å². The summed E-state index contributed by atoms with van der Waals surface area (Å²) in [5.74, 6) is 1.87. The Balaban J connectivity index is 1.18. The van der Waals surface area contributed by atoms with Gasteiger partial charge in [0.25, 0.3) is 0 Å². The molecule has 41 heavy (non-hydrogen) atoms. The highest BCUT2D eigenvalue weighted by Gasteiger charge is 2.47. The molecule has 4 aliphatic rings. The number of rotatable bonds is 7. The van der Waals surface area contributed by atoms with E-state index in [9.17, 15) is 25.2 Å². The molecule has 2 aromatic rings. The fourth-order valence-electron chi connectivity index (χ4n) is 5.78. The largest absolute Gasteiger partial charge is 0.493 e. The van der Waals surface area contributed by atoms with Crippen molar-refractivity contribution in [2.24, 2.45) is 0 Å². The first-order valence-corrected chi connectivity index (χ1v) is 13.3. The summed E-state index contributed by atoms with van der Waals surface area (Å²) >= 11 is 0. The number of hydrogen-bond acceptors (Lipinski definition) is 12. The van der Waals surface area contributed by atoms with Gasteiger partial charge >= 0.3 is 0 Å². The molecule has 1 fully saturated rings. The van der Waals surface area contributed by atoms with Crippen LogP contribution in [-0.4, -0.2) is 103 Å². The minimum absolute atomic E-state index is 0.0933. The molecule has 8 atom stereocenters. The summed E-state index contributed by atoms with van der Waals surface area (Å²) in [7, 11) is 3.06. The molecule has 0 radical (unpaired) electrons. The SMILES string of the molecule is C=C(CO[C@@H]1O[C@H](CO)[C@@H](O)[C@H](O)[C@H]1O)[C@H]1Cc2c(ccc3c2O[C@@H]2COc4cc(OC)c(OC)cc4[C@@H]2C3=O)O1. The van der Waals surface area contributed by atoms with Gasteiger partial charge in [-0.3, -0.25) is 4.79 Å². The van der Waals surface area contributed by atoms with Crippen molar-refractivity contribution in [3.05, 3.63) is 53.1 Å². The van der Waals surface area contributed by atoms with Gasteiger partial charge in [-0.15, -0.1) is 0 Å². The zero-order chi connectivity index (χ0) is 29.0. The molecule has 0 saturated carbocycles. The van der Waals surface area contributed by atoms with E-state index in [2.05, 4.69) is 6.58 Å². The third kappa shape index (κ3) is 4.60. The van der Waals surface area contributed by atoms with Crippen LogP contribution < -0.4 is 23.7 Å². The number of hydrogen-bond donors (Lipinski definition) is 4. The highest BCUT2D eigenvalue weighted by molar-refractivity contribution is 6.06. The zero-order valence-electron chi connectivity index (χ0n) is 22.5. The smallest absolute Gasteiger partial charge is 0.187 e. The molecule has 220 valence electrons. The van der Waals surface area contributed by atoms with E-state index < -0.39 is 55.4 Å². The molecule has 0 unspecified atom stereocenters. The van der Waals surface area contributed by atoms with Crippen molar-refractivity contribution in [2.75, 3.05) is 34.0 Å². The minimum atomic E-state index is -1.55. The molecule has 0 spiro atoms. The second-order valence-electron chi connectivity index (χ2n) is 10.5. The fourth-order valence-corrected chi connectivity index (χ4v) is 5.78. The lowest BCUT2D eigenvalue weighted by atomic mass is 9.81. The number of Topliss-reactive ketones (excluding diaryl/α,β-unsaturated/α-hetero) is 1. The number of aliphatic hydroxyl groups is 4. The van der Waals surface area contributed by atoms with Crippen molar-refractivity contribution in [1.82, 2.24) is 0 Å². The van der Waals surface area contributed by atoms with Crippen LogP contribution in [-0.2, 0) is 15.9 Å². The predicted molar refractivity (Wildman–Crippen MR) is 140 cm³/mol. The van der Waals surface area contributed by atoms with Crippen molar-refractivity contribution >= 4 is 5.78 Å². The Morgan fingerprint density at radius 2 is 1.78 bits per heavy atom. The molecule has 1 saturated heterocycles. The molecular formula is C29H32O12. The molecule has 12 heteroatoms. The number of fused-ring (bicyclic) bond motifs is 6. The molecule has 6 rings (SSSR count). The molecule has 4 N–H and O–H groups in total. The average Bonchev–Trinajstić information content (AvgIpc) is 3.44. The monoisotopic (exact) mass is 572 g/mol. The average molecular weight is 573 g/mol. The first-order valence-electron chi connectivity index (χ1n) is 13.3. The van der Waals surface area contributed by atoms with E-state index in [1.165, 1.54) is 14.2 Å². The third-order valence-corrected chi connectivity index (χ3v) is 8.06. The number of benzene rings is 2. The standard InChI is InChI=1S/C29H32O12/c1-12(10-38-29-27(34)26(33)25(32)21(9-30)41-29)17-7-15-16(39-17)5-4-13-24(31)23-14-6-19(35-2)20(36-3)8-18(14)37-11-22(23)40-28(13)15/h4-6,8,17,21-23,25-27,29-30,32-34H,1,7,9-11H2,2-3H3/t17-,21-,22-,23+,25-,26+,27-,29-/m1/s1. The Hall–Kier alpha value is -3.39. The van der Waals surface area contributed by atoms with Gasteiger partial charge in [0.2, 0.25) is 0 Å². The Bertz CT molecular complexity index is 1360. The molecule has 12 nitrogen and oxygen atoms in total. The maximum absolute atomic E-state index is 13.8. The second kappa shape index (κ2) is 10.8. The lowest BCUT2D eigenvalue weighted by Gasteiger charge is -2.39. The van der Waals surface area contributed by atoms with Crippen molar-refractivity contribution in [3.63, 3.8) is 0 Å². The lowest BCUT2D eigenvalue weighted by molar-refractivity contribution is -0.299. The minimum Gasteiger partial charge on any atom is -0.493 e. The van der Waals surface area contributed by atoms with E-state index in [-0.39, 0.29) is 19.0 Å². The van der Waals surface area contributed by atoms with Crippen LogP contribution >= 0.6 is 0 Å². The highest BCUT2D eigenvalue weighted by atomic mass is 16.7. The van der Waals surface area contributed by atoms with Gasteiger partial charge < -0.3 is 53.6 Å². The highest BCUT2D eigenvalue weighted by Crippen LogP contribution is 2.50. The maximum atomic E-state index is 13.8. The van der Waals surface area contributed by atoms with Gasteiger partial charge in [-0.05, 0) is 23.8 Å². The molecular weight excluding hydrogens is 540 g/mol. The molecule has 0 amide bonds. The number of methoxy groups -OCH3 is 2. The van der Waals surface area contributed by atoms with Gasteiger partial charge in [-0.25, -0.2) is 0 Å². The van der Waals surface area contributed by atoms with Crippen molar-refractivity contribution in [2.45, 2.75) is 55.3 Å². The van der Waals surface area contributed by atoms with E-state index in [1.807, 2.05) is 0 Å². The second-order valence-corrected chi connectivity index (χ2v) is 10.5. The van der Waals surface area contributed by atoms with E-state index in [1.54, 1.807) is 24.3 Å². The summed E-state index contributed by atoms with van der Waals surface area (Å²) in [4.78, 5) is 13.8. The van der Waals surface area contributed by atoms with Crippen LogP contribution in [0.4, 0.5) is 0 Å². The molecule has 0 bridgehead atoms.